The van der Waals surface area contributed by atoms with Gasteiger partial charge in [0.1, 0.15) is 17.7 Å². The molecular formula is C20H35N3O4Si. The maximum Gasteiger partial charge on any atom is 0.240 e. The van der Waals surface area contributed by atoms with Crippen molar-refractivity contribution in [2.24, 2.45) is 11.7 Å². The summed E-state index contributed by atoms with van der Waals surface area (Å²) >= 11 is 0. The number of aromatic nitrogens is 1. The van der Waals surface area contributed by atoms with E-state index in [0.717, 1.165) is 12.1 Å². The number of aryl methyl sites for hydroxylation is 1. The van der Waals surface area contributed by atoms with Crippen LogP contribution in [0.25, 0.3) is 0 Å². The zero-order valence-corrected chi connectivity index (χ0v) is 19.2. The molecule has 0 radical (unpaired) electrons. The number of hydrogen-bond acceptors (Lipinski definition) is 5. The van der Waals surface area contributed by atoms with Crippen LogP contribution in [0.3, 0.4) is 0 Å². The summed E-state index contributed by atoms with van der Waals surface area (Å²) in [6.07, 6.45) is 1.38. The number of carbonyl (C=O) groups excluding carboxylic acids is 2. The highest BCUT2D eigenvalue weighted by atomic mass is 28.4. The van der Waals surface area contributed by atoms with Gasteiger partial charge in [0, 0.05) is 19.2 Å². The Morgan fingerprint density at radius 1 is 1.43 bits per heavy atom. The van der Waals surface area contributed by atoms with Gasteiger partial charge in [0.25, 0.3) is 0 Å². The van der Waals surface area contributed by atoms with Crippen LogP contribution in [-0.2, 0) is 14.0 Å². The SMILES string of the molecule is Cc1cc([C@@H](C(=O)N2CCCC2C(N)=O)C(C)CO[Si](C)(C)C(C)(C)C)on1. The van der Waals surface area contributed by atoms with Gasteiger partial charge in [0.05, 0.1) is 5.69 Å². The van der Waals surface area contributed by atoms with Crippen molar-refractivity contribution < 1.29 is 18.5 Å². The second-order valence-electron chi connectivity index (χ2n) is 9.49. The van der Waals surface area contributed by atoms with Crippen LogP contribution in [0.15, 0.2) is 10.6 Å². The summed E-state index contributed by atoms with van der Waals surface area (Å²) in [6.45, 7) is 15.7. The molecule has 2 heterocycles. The van der Waals surface area contributed by atoms with E-state index in [1.54, 1.807) is 11.0 Å². The van der Waals surface area contributed by atoms with Crippen molar-refractivity contribution in [2.45, 2.75) is 77.6 Å². The van der Waals surface area contributed by atoms with E-state index in [-0.39, 0.29) is 16.9 Å². The van der Waals surface area contributed by atoms with Crippen molar-refractivity contribution >= 4 is 20.1 Å². The third-order valence-corrected chi connectivity index (χ3v) is 10.7. The molecule has 1 aromatic rings. The molecule has 1 aliphatic rings. The van der Waals surface area contributed by atoms with Crippen molar-refractivity contribution in [1.82, 2.24) is 10.1 Å². The van der Waals surface area contributed by atoms with Crippen LogP contribution in [0, 0.1) is 12.8 Å². The van der Waals surface area contributed by atoms with Crippen LogP contribution in [0.2, 0.25) is 18.1 Å². The van der Waals surface area contributed by atoms with Crippen LogP contribution >= 0.6 is 0 Å². The van der Waals surface area contributed by atoms with Gasteiger partial charge in [-0.2, -0.15) is 0 Å². The summed E-state index contributed by atoms with van der Waals surface area (Å²) in [6, 6.07) is 1.24. The standard InChI is InChI=1S/C20H35N3O4Si/c1-13(12-26-28(6,7)20(3,4)5)17(16-11-14(2)22-27-16)19(25)23-10-8-9-15(23)18(21)24/h11,13,15,17H,8-10,12H2,1-7H3,(H2,21,24)/t13?,15?,17-/m0/s1. The minimum absolute atomic E-state index is 0.0844. The van der Waals surface area contributed by atoms with E-state index in [4.69, 9.17) is 14.7 Å². The van der Waals surface area contributed by atoms with Gasteiger partial charge >= 0.3 is 0 Å². The number of nitrogens with zero attached hydrogens (tertiary/aromatic N) is 2. The Labute approximate surface area is 169 Å². The summed E-state index contributed by atoms with van der Waals surface area (Å²) in [5.41, 5.74) is 6.24. The maximum absolute atomic E-state index is 13.4. The van der Waals surface area contributed by atoms with Crippen molar-refractivity contribution in [2.75, 3.05) is 13.2 Å². The van der Waals surface area contributed by atoms with Crippen LogP contribution in [0.4, 0.5) is 0 Å². The second-order valence-corrected chi connectivity index (χ2v) is 14.3. The molecule has 1 saturated heterocycles. The van der Waals surface area contributed by atoms with Gasteiger partial charge in [-0.25, -0.2) is 0 Å². The molecule has 7 nitrogen and oxygen atoms in total. The lowest BCUT2D eigenvalue weighted by Gasteiger charge is -2.38. The first kappa shape index (κ1) is 22.6. The molecule has 1 aliphatic heterocycles. The fourth-order valence-corrected chi connectivity index (χ4v) is 4.45. The van der Waals surface area contributed by atoms with Crippen molar-refractivity contribution in [3.8, 4) is 0 Å². The zero-order valence-electron chi connectivity index (χ0n) is 18.2. The van der Waals surface area contributed by atoms with Gasteiger partial charge in [0.2, 0.25) is 11.8 Å². The van der Waals surface area contributed by atoms with E-state index >= 15 is 0 Å². The van der Waals surface area contributed by atoms with Gasteiger partial charge in [-0.1, -0.05) is 32.9 Å². The van der Waals surface area contributed by atoms with Gasteiger partial charge in [-0.15, -0.1) is 0 Å². The van der Waals surface area contributed by atoms with Gasteiger partial charge in [-0.3, -0.25) is 9.59 Å². The number of amides is 2. The second kappa shape index (κ2) is 8.37. The molecule has 2 unspecified atom stereocenters. The normalized spacial score (nSPS) is 20.2. The summed E-state index contributed by atoms with van der Waals surface area (Å²) in [7, 11) is -1.95. The lowest BCUT2D eigenvalue weighted by atomic mass is 9.90. The monoisotopic (exact) mass is 409 g/mol. The Morgan fingerprint density at radius 3 is 2.57 bits per heavy atom. The van der Waals surface area contributed by atoms with Crippen LogP contribution in [-0.4, -0.2) is 49.4 Å². The minimum atomic E-state index is -1.95. The highest BCUT2D eigenvalue weighted by Crippen LogP contribution is 2.38. The minimum Gasteiger partial charge on any atom is -0.417 e. The van der Waals surface area contributed by atoms with E-state index in [1.807, 2.05) is 13.8 Å². The molecule has 158 valence electrons. The van der Waals surface area contributed by atoms with E-state index in [9.17, 15) is 9.59 Å². The predicted octanol–water partition coefficient (Wildman–Crippen LogP) is 3.20. The first-order valence-electron chi connectivity index (χ1n) is 10.0. The summed E-state index contributed by atoms with van der Waals surface area (Å²) in [5.74, 6) is -0.745. The van der Waals surface area contributed by atoms with E-state index in [0.29, 0.717) is 25.3 Å². The van der Waals surface area contributed by atoms with E-state index in [1.165, 1.54) is 0 Å². The molecular weight excluding hydrogens is 374 g/mol. The summed E-state index contributed by atoms with van der Waals surface area (Å²) in [5, 5.41) is 4.05. The zero-order chi connectivity index (χ0) is 21.3. The number of rotatable bonds is 7. The number of nitrogens with two attached hydrogens (primary N) is 1. The highest BCUT2D eigenvalue weighted by Gasteiger charge is 2.42. The number of primary amides is 1. The predicted molar refractivity (Wildman–Crippen MR) is 110 cm³/mol. The van der Waals surface area contributed by atoms with Crippen LogP contribution < -0.4 is 5.73 Å². The molecule has 0 bridgehead atoms. The first-order valence-corrected chi connectivity index (χ1v) is 12.9. The molecule has 2 amide bonds. The molecule has 0 saturated carbocycles. The molecule has 0 aliphatic carbocycles. The topological polar surface area (TPSA) is 98.7 Å². The third-order valence-electron chi connectivity index (χ3n) is 6.17. The van der Waals surface area contributed by atoms with Crippen LogP contribution in [0.5, 0.6) is 0 Å². The Hall–Kier alpha value is -1.67. The fourth-order valence-electron chi connectivity index (χ4n) is 3.33. The number of carbonyl (C=O) groups is 2. The van der Waals surface area contributed by atoms with Crippen molar-refractivity contribution in [1.29, 1.82) is 0 Å². The average Bonchev–Trinajstić information content (AvgIpc) is 3.21. The molecule has 0 aromatic carbocycles. The Balaban J connectivity index is 2.25. The first-order chi connectivity index (χ1) is 12.8. The molecule has 3 atom stereocenters. The third kappa shape index (κ3) is 4.83. The van der Waals surface area contributed by atoms with Gasteiger partial charge in [0.15, 0.2) is 8.32 Å². The fraction of sp³-hybridized carbons (Fsp3) is 0.750. The molecule has 8 heteroatoms. The lowest BCUT2D eigenvalue weighted by molar-refractivity contribution is -0.140. The van der Waals surface area contributed by atoms with Crippen molar-refractivity contribution in [3.05, 3.63) is 17.5 Å². The van der Waals surface area contributed by atoms with Gasteiger partial charge in [-0.05, 0) is 43.8 Å². The highest BCUT2D eigenvalue weighted by molar-refractivity contribution is 6.74. The lowest BCUT2D eigenvalue weighted by Crippen LogP contribution is -2.47. The van der Waals surface area contributed by atoms with E-state index < -0.39 is 26.2 Å². The number of hydrogen-bond donors (Lipinski definition) is 1. The smallest absolute Gasteiger partial charge is 0.240 e. The average molecular weight is 410 g/mol. The quantitative estimate of drug-likeness (QED) is 0.697. The molecule has 1 aromatic heterocycles. The molecule has 2 N–H and O–H groups in total. The van der Waals surface area contributed by atoms with Crippen molar-refractivity contribution in [3.63, 3.8) is 0 Å². The Morgan fingerprint density at radius 2 is 2.07 bits per heavy atom. The molecule has 0 spiro atoms. The largest absolute Gasteiger partial charge is 0.417 e. The maximum atomic E-state index is 13.4. The number of likely N-dealkylation sites (tertiary alicyclic amines) is 1. The molecule has 2 rings (SSSR count). The van der Waals surface area contributed by atoms with Crippen LogP contribution in [0.1, 0.15) is 57.9 Å². The Kier molecular flexibility index (Phi) is 6.76. The summed E-state index contributed by atoms with van der Waals surface area (Å²) in [4.78, 5) is 26.8. The summed E-state index contributed by atoms with van der Waals surface area (Å²) < 4.78 is 11.8. The Bertz CT molecular complexity index is 711. The van der Waals surface area contributed by atoms with Gasteiger partial charge < -0.3 is 19.6 Å². The van der Waals surface area contributed by atoms with E-state index in [2.05, 4.69) is 39.0 Å². The molecule has 1 fully saturated rings. The molecule has 28 heavy (non-hydrogen) atoms.